The topological polar surface area (TPSA) is 422 Å². The summed E-state index contributed by atoms with van der Waals surface area (Å²) in [7, 11) is 0. The highest BCUT2D eigenvalue weighted by Gasteiger charge is 2.36. The molecule has 24 nitrogen and oxygen atoms in total. The molecule has 17 N–H and O–H groups in total. The molecular weight excluding hydrogens is 738 g/mol. The lowest BCUT2D eigenvalue weighted by atomic mass is 10.0. The van der Waals surface area contributed by atoms with Crippen LogP contribution < -0.4 is 49.1 Å². The third-order valence-corrected chi connectivity index (χ3v) is 7.62. The molecule has 0 saturated carbocycles. The van der Waals surface area contributed by atoms with E-state index in [0.29, 0.717) is 0 Å². The predicted molar refractivity (Wildman–Crippen MR) is 186 cm³/mol. The number of hydrogen-bond donors (Lipinski definition) is 14. The molecule has 55 heavy (non-hydrogen) atoms. The highest BCUT2D eigenvalue weighted by atomic mass is 16.4. The van der Waals surface area contributed by atoms with Crippen LogP contribution in [0.2, 0.25) is 0 Å². The van der Waals surface area contributed by atoms with Gasteiger partial charge in [0, 0.05) is 12.8 Å². The first kappa shape index (κ1) is 49.5. The molecule has 0 unspecified atom stereocenters. The quantitative estimate of drug-likeness (QED) is 0.0387. The molecule has 0 aromatic carbocycles. The van der Waals surface area contributed by atoms with Crippen LogP contribution in [0.3, 0.4) is 0 Å². The highest BCUT2D eigenvalue weighted by Crippen LogP contribution is 2.09. The molecule has 0 aromatic rings. The first-order chi connectivity index (χ1) is 25.4. The molecule has 9 atom stereocenters. The Labute approximate surface area is 315 Å². The lowest BCUT2D eigenvalue weighted by Crippen LogP contribution is -2.63. The molecule has 8 amide bonds. The molecule has 0 heterocycles. The first-order valence-electron chi connectivity index (χ1n) is 17.0. The summed E-state index contributed by atoms with van der Waals surface area (Å²) in [5.41, 5.74) is 15.9. The maximum absolute atomic E-state index is 13.4. The Morgan fingerprint density at radius 1 is 0.545 bits per heavy atom. The van der Waals surface area contributed by atoms with Crippen molar-refractivity contribution in [2.45, 2.75) is 121 Å². The van der Waals surface area contributed by atoms with E-state index in [1.807, 2.05) is 5.32 Å². The zero-order valence-corrected chi connectivity index (χ0v) is 30.8. The van der Waals surface area contributed by atoms with E-state index in [1.165, 1.54) is 0 Å². The van der Waals surface area contributed by atoms with Crippen LogP contribution >= 0.6 is 0 Å². The first-order valence-corrected chi connectivity index (χ1v) is 17.0. The second-order valence-electron chi connectivity index (χ2n) is 13.1. The Bertz CT molecular complexity index is 1410. The maximum atomic E-state index is 13.4. The van der Waals surface area contributed by atoms with Crippen molar-refractivity contribution in [3.8, 4) is 0 Å². The molecular formula is C31H53N9O15. The van der Waals surface area contributed by atoms with Gasteiger partial charge in [0.2, 0.25) is 47.3 Å². The Kier molecular flexibility index (Phi) is 21.7. The summed E-state index contributed by atoms with van der Waals surface area (Å²) in [4.78, 5) is 123. The van der Waals surface area contributed by atoms with Gasteiger partial charge in [0.1, 0.15) is 36.3 Å². The van der Waals surface area contributed by atoms with E-state index in [-0.39, 0.29) is 25.2 Å². The van der Waals surface area contributed by atoms with Gasteiger partial charge in [-0.15, -0.1) is 0 Å². The molecule has 0 bridgehead atoms. The van der Waals surface area contributed by atoms with Gasteiger partial charge in [0.25, 0.3) is 0 Å². The molecule has 0 aliphatic heterocycles. The van der Waals surface area contributed by atoms with Gasteiger partial charge < -0.3 is 74.6 Å². The summed E-state index contributed by atoms with van der Waals surface area (Å²) < 4.78 is 0. The molecule has 0 aromatic heterocycles. The number of rotatable bonds is 26. The van der Waals surface area contributed by atoms with Gasteiger partial charge in [-0.05, 0) is 39.0 Å². The molecule has 0 radical (unpaired) electrons. The van der Waals surface area contributed by atoms with E-state index >= 15 is 0 Å². The number of hydrogen-bond acceptors (Lipinski definition) is 14. The largest absolute Gasteiger partial charge is 0.481 e. The Hall–Kier alpha value is -5.46. The van der Waals surface area contributed by atoms with E-state index in [9.17, 15) is 68.4 Å². The van der Waals surface area contributed by atoms with Crippen molar-refractivity contribution in [3.63, 3.8) is 0 Å². The number of aliphatic carboxylic acids is 2. The lowest BCUT2D eigenvalue weighted by Gasteiger charge is -2.29. The monoisotopic (exact) mass is 791 g/mol. The molecule has 312 valence electrons. The van der Waals surface area contributed by atoms with Crippen LogP contribution in [0.4, 0.5) is 0 Å². The minimum atomic E-state index is -1.86. The zero-order valence-electron chi connectivity index (χ0n) is 30.8. The van der Waals surface area contributed by atoms with Crippen LogP contribution in [0.15, 0.2) is 0 Å². The molecule has 0 fully saturated rings. The van der Waals surface area contributed by atoms with Crippen molar-refractivity contribution < 1.29 is 73.5 Å². The van der Waals surface area contributed by atoms with Gasteiger partial charge in [0.05, 0.1) is 31.3 Å². The molecule has 0 rings (SSSR count). The number of amides is 8. The summed E-state index contributed by atoms with van der Waals surface area (Å²) >= 11 is 0. The maximum Gasteiger partial charge on any atom is 0.326 e. The number of carbonyl (C=O) groups excluding carboxylic acids is 8. The van der Waals surface area contributed by atoms with Crippen molar-refractivity contribution in [2.75, 3.05) is 6.61 Å². The number of primary amides is 2. The number of nitrogens with one attached hydrogen (secondary N) is 6. The minimum absolute atomic E-state index is 0.114. The van der Waals surface area contributed by atoms with Gasteiger partial charge in [-0.1, -0.05) is 13.8 Å². The molecule has 0 saturated heterocycles. The van der Waals surface area contributed by atoms with Crippen molar-refractivity contribution in [3.05, 3.63) is 0 Å². The SMILES string of the molecule is CC(C)C[C@H](NC(=O)[C@@H](NC(=O)[C@H](CO)NC(=O)[C@H](CC(N)=O)NC(=O)[C@@H](N)CCC(N)=O)[C@@H](C)O)C(=O)N[C@H](C(=O)N[C@@H](CCC(=O)O)C(=O)O)[C@@H](C)O. The second kappa shape index (κ2) is 24.0. The average molecular weight is 792 g/mol. The van der Waals surface area contributed by atoms with Crippen LogP contribution in [0, 0.1) is 5.92 Å². The van der Waals surface area contributed by atoms with Crippen molar-refractivity contribution in [2.24, 2.45) is 23.1 Å². The van der Waals surface area contributed by atoms with E-state index in [2.05, 4.69) is 26.6 Å². The number of carboxylic acid groups (broad SMARTS) is 2. The second-order valence-corrected chi connectivity index (χ2v) is 13.1. The summed E-state index contributed by atoms with van der Waals surface area (Å²) in [5, 5.41) is 61.6. The fourth-order valence-corrected chi connectivity index (χ4v) is 4.65. The fourth-order valence-electron chi connectivity index (χ4n) is 4.65. The number of nitrogens with two attached hydrogens (primary N) is 3. The Morgan fingerprint density at radius 3 is 1.38 bits per heavy atom. The number of aliphatic hydroxyl groups excluding tert-OH is 3. The van der Waals surface area contributed by atoms with Crippen LogP contribution in [0.5, 0.6) is 0 Å². The molecule has 0 aliphatic carbocycles. The van der Waals surface area contributed by atoms with Crippen molar-refractivity contribution >= 4 is 59.2 Å². The van der Waals surface area contributed by atoms with E-state index < -0.39 is 140 Å². The van der Waals surface area contributed by atoms with Crippen LogP contribution in [0.25, 0.3) is 0 Å². The summed E-state index contributed by atoms with van der Waals surface area (Å²) in [6, 6.07) is -11.8. The van der Waals surface area contributed by atoms with E-state index in [4.69, 9.17) is 22.3 Å². The van der Waals surface area contributed by atoms with Crippen LogP contribution in [-0.4, -0.2) is 146 Å². The van der Waals surface area contributed by atoms with Crippen LogP contribution in [-0.2, 0) is 47.9 Å². The molecule has 0 aliphatic rings. The average Bonchev–Trinajstić information content (AvgIpc) is 3.06. The fraction of sp³-hybridized carbons (Fsp3) is 0.677. The van der Waals surface area contributed by atoms with E-state index in [0.717, 1.165) is 13.8 Å². The van der Waals surface area contributed by atoms with Gasteiger partial charge in [-0.3, -0.25) is 43.2 Å². The molecule has 0 spiro atoms. The zero-order chi connectivity index (χ0) is 42.7. The summed E-state index contributed by atoms with van der Waals surface area (Å²) in [6.07, 6.45) is -5.84. The van der Waals surface area contributed by atoms with Crippen molar-refractivity contribution in [1.29, 1.82) is 0 Å². The minimum Gasteiger partial charge on any atom is -0.481 e. The van der Waals surface area contributed by atoms with Crippen LogP contribution in [0.1, 0.15) is 66.2 Å². The number of carbonyl (C=O) groups is 10. The third-order valence-electron chi connectivity index (χ3n) is 7.62. The third kappa shape index (κ3) is 18.9. The van der Waals surface area contributed by atoms with Gasteiger partial charge >= 0.3 is 11.9 Å². The number of aliphatic hydroxyl groups is 3. The summed E-state index contributed by atoms with van der Waals surface area (Å²) in [6.45, 7) is 4.36. The lowest BCUT2D eigenvalue weighted by molar-refractivity contribution is -0.144. The van der Waals surface area contributed by atoms with Crippen molar-refractivity contribution in [1.82, 2.24) is 31.9 Å². The van der Waals surface area contributed by atoms with Gasteiger partial charge in [-0.25, -0.2) is 4.79 Å². The van der Waals surface area contributed by atoms with Gasteiger partial charge in [-0.2, -0.15) is 0 Å². The Balaban J connectivity index is 6.00. The van der Waals surface area contributed by atoms with E-state index in [1.54, 1.807) is 13.8 Å². The predicted octanol–water partition coefficient (Wildman–Crippen LogP) is -6.89. The Morgan fingerprint density at radius 2 is 0.982 bits per heavy atom. The standard InChI is InChI=1S/C31H53N9O15/c1-12(2)9-17(27(50)39-23(13(3)42)29(52)35-16(31(54)55)6-8-22(46)47)37-30(53)24(14(4)43)40-28(51)19(11-41)38-26(49)18(10-21(34)45)36-25(48)15(32)5-7-20(33)44/h12-19,23-24,41-43H,5-11,32H2,1-4H3,(H2,33,44)(H2,34,45)(H,35,52)(H,36,48)(H,37,53)(H,38,49)(H,39,50)(H,40,51)(H,46,47)(H,54,55)/t13-,14-,15+,16+,17+,18+,19+,23+,24+/m1/s1. The number of carboxylic acids is 2. The van der Waals surface area contributed by atoms with Gasteiger partial charge in [0.15, 0.2) is 0 Å². The summed E-state index contributed by atoms with van der Waals surface area (Å²) in [5.74, 6) is -11.9. The normalized spacial score (nSPS) is 15.9. The smallest absolute Gasteiger partial charge is 0.326 e. The molecule has 24 heteroatoms. The highest BCUT2D eigenvalue weighted by molar-refractivity contribution is 5.98.